The van der Waals surface area contributed by atoms with Gasteiger partial charge in [0, 0.05) is 61.5 Å². The third kappa shape index (κ3) is 7.80. The summed E-state index contributed by atoms with van der Waals surface area (Å²) in [7, 11) is 0. The van der Waals surface area contributed by atoms with Gasteiger partial charge in [-0.05, 0) is 62.3 Å². The number of rotatable bonds is 9. The number of nitrogen functional groups attached to an aromatic ring is 1. The van der Waals surface area contributed by atoms with Crippen molar-refractivity contribution in [2.24, 2.45) is 11.3 Å². The Morgan fingerprint density at radius 2 is 1.93 bits per heavy atom. The Labute approximate surface area is 264 Å². The number of aliphatic hydroxyl groups excluding tert-OH is 1. The average Bonchev–Trinajstić information content (AvgIpc) is 3.59. The highest BCUT2D eigenvalue weighted by Gasteiger charge is 2.40. The van der Waals surface area contributed by atoms with E-state index in [-0.39, 0.29) is 23.6 Å². The van der Waals surface area contributed by atoms with Crippen LogP contribution in [0.15, 0.2) is 42.7 Å². The molecule has 0 spiro atoms. The normalized spacial score (nSPS) is 21.5. The van der Waals surface area contributed by atoms with E-state index in [4.69, 9.17) is 5.73 Å². The lowest BCUT2D eigenvalue weighted by Gasteiger charge is -2.35. The van der Waals surface area contributed by atoms with Gasteiger partial charge in [-0.15, -0.1) is 10.2 Å². The van der Waals surface area contributed by atoms with Gasteiger partial charge < -0.3 is 31.1 Å². The topological polar surface area (TPSA) is 163 Å². The van der Waals surface area contributed by atoms with Crippen LogP contribution in [0.4, 0.5) is 5.82 Å². The first-order valence-electron chi connectivity index (χ1n) is 15.8. The predicted molar refractivity (Wildman–Crippen MR) is 172 cm³/mol. The summed E-state index contributed by atoms with van der Waals surface area (Å²) in [5.41, 5.74) is 8.35. The molecule has 2 aliphatic heterocycles. The summed E-state index contributed by atoms with van der Waals surface area (Å²) in [6.45, 7) is 11.2. The van der Waals surface area contributed by atoms with Gasteiger partial charge in [-0.25, -0.2) is 0 Å². The van der Waals surface area contributed by atoms with Crippen LogP contribution in [0.5, 0.6) is 5.75 Å². The number of likely N-dealkylation sites (tertiary alicyclic amines) is 2. The summed E-state index contributed by atoms with van der Waals surface area (Å²) in [6.07, 6.45) is 6.17. The number of phenols is 1. The van der Waals surface area contributed by atoms with Crippen LogP contribution in [-0.4, -0.2) is 96.2 Å². The van der Waals surface area contributed by atoms with Gasteiger partial charge in [0.1, 0.15) is 11.8 Å². The number of nitrogens with zero attached hydrogens (tertiary/aromatic N) is 6. The molecule has 2 aromatic heterocycles. The summed E-state index contributed by atoms with van der Waals surface area (Å²) in [4.78, 5) is 30.5. The Morgan fingerprint density at radius 3 is 2.64 bits per heavy atom. The minimum Gasteiger partial charge on any atom is -0.507 e. The number of anilines is 1. The highest BCUT2D eigenvalue weighted by atomic mass is 16.3. The van der Waals surface area contributed by atoms with E-state index in [1.807, 2.05) is 50.7 Å². The van der Waals surface area contributed by atoms with Crippen molar-refractivity contribution in [3.8, 4) is 28.1 Å². The lowest BCUT2D eigenvalue weighted by atomic mass is 9.85. The number of carbonyl (C=O) groups is 2. The van der Waals surface area contributed by atoms with Crippen LogP contribution >= 0.6 is 0 Å². The number of amides is 2. The molecular weight excluding hydrogens is 572 g/mol. The van der Waals surface area contributed by atoms with Crippen molar-refractivity contribution in [1.29, 1.82) is 0 Å². The summed E-state index contributed by atoms with van der Waals surface area (Å²) < 4.78 is 1.92. The Kier molecular flexibility index (Phi) is 9.73. The zero-order valence-electron chi connectivity index (χ0n) is 26.7. The molecule has 2 fully saturated rings. The van der Waals surface area contributed by atoms with E-state index in [0.29, 0.717) is 54.5 Å². The number of benzene rings is 1. The Bertz CT molecular complexity index is 1500. The molecule has 12 nitrogen and oxygen atoms in total. The van der Waals surface area contributed by atoms with Crippen molar-refractivity contribution in [3.05, 3.63) is 42.7 Å². The minimum atomic E-state index is -0.653. The highest BCUT2D eigenvalue weighted by molar-refractivity contribution is 5.88. The van der Waals surface area contributed by atoms with Crippen molar-refractivity contribution in [2.45, 2.75) is 78.1 Å². The maximum absolute atomic E-state index is 13.4. The largest absolute Gasteiger partial charge is 0.507 e. The van der Waals surface area contributed by atoms with Gasteiger partial charge in [0.15, 0.2) is 5.82 Å². The number of para-hydroxylation sites is 1. The molecule has 2 amide bonds. The summed E-state index contributed by atoms with van der Waals surface area (Å²) >= 11 is 0. The van der Waals surface area contributed by atoms with Crippen LogP contribution in [0.1, 0.15) is 53.4 Å². The zero-order chi connectivity index (χ0) is 32.3. The third-order valence-corrected chi connectivity index (χ3v) is 8.90. The molecule has 5 rings (SSSR count). The second kappa shape index (κ2) is 13.5. The van der Waals surface area contributed by atoms with Crippen LogP contribution in [0.2, 0.25) is 0 Å². The van der Waals surface area contributed by atoms with E-state index in [2.05, 4.69) is 25.5 Å². The molecule has 0 radical (unpaired) electrons. The van der Waals surface area contributed by atoms with Gasteiger partial charge in [-0.2, -0.15) is 5.10 Å². The van der Waals surface area contributed by atoms with Crippen molar-refractivity contribution >= 4 is 17.6 Å². The number of carbonyl (C=O) groups excluding carboxylic acids is 2. The van der Waals surface area contributed by atoms with E-state index < -0.39 is 17.6 Å². The SMILES string of the molecule is C[C@@H]1C[C@@H](O)CN1C(=O)[C@@H](NC(=O)CCN1CCC[C@H](Cn2cc(-c3cc(-c4ccccc4O)nnc3N)cn2)C1)C(C)(C)C. The number of phenolic OH excluding ortho intramolecular Hbond substituents is 1. The average molecular weight is 619 g/mol. The first-order chi connectivity index (χ1) is 21.4. The number of piperidine rings is 1. The molecule has 5 N–H and O–H groups in total. The molecule has 0 saturated carbocycles. The molecule has 0 bridgehead atoms. The third-order valence-electron chi connectivity index (χ3n) is 8.90. The fourth-order valence-corrected chi connectivity index (χ4v) is 6.44. The molecule has 4 heterocycles. The van der Waals surface area contributed by atoms with E-state index in [0.717, 1.165) is 38.0 Å². The fourth-order valence-electron chi connectivity index (χ4n) is 6.44. The van der Waals surface area contributed by atoms with Gasteiger partial charge in [0.25, 0.3) is 0 Å². The molecule has 12 heteroatoms. The van der Waals surface area contributed by atoms with Gasteiger partial charge in [-0.1, -0.05) is 32.9 Å². The standard InChI is InChI=1S/C33H46N8O4/c1-21-14-24(42)20-41(21)32(45)30(33(2,3)4)36-29(44)11-13-39-12-7-8-22(17-39)18-40-19-23(16-35-40)26-15-27(37-38-31(26)34)25-9-5-6-10-28(25)43/h5-6,9-10,15-16,19,21-22,24,30,42-43H,7-8,11-14,17-18,20H2,1-4H3,(H2,34,38)(H,36,44)/t21-,22+,24-,30-/m1/s1. The van der Waals surface area contributed by atoms with E-state index in [1.165, 1.54) is 0 Å². The molecule has 242 valence electrons. The molecule has 2 saturated heterocycles. The number of nitrogens with two attached hydrogens (primary N) is 1. The number of aromatic hydroxyl groups is 1. The first kappa shape index (κ1) is 32.4. The van der Waals surface area contributed by atoms with Crippen molar-refractivity contribution in [2.75, 3.05) is 31.9 Å². The van der Waals surface area contributed by atoms with Crippen LogP contribution in [0.3, 0.4) is 0 Å². The van der Waals surface area contributed by atoms with Crippen molar-refractivity contribution < 1.29 is 19.8 Å². The monoisotopic (exact) mass is 618 g/mol. The molecular formula is C33H46N8O4. The van der Waals surface area contributed by atoms with E-state index in [9.17, 15) is 19.8 Å². The predicted octanol–water partition coefficient (Wildman–Crippen LogP) is 2.91. The summed E-state index contributed by atoms with van der Waals surface area (Å²) in [6, 6.07) is 8.09. The quantitative estimate of drug-likeness (QED) is 0.282. The minimum absolute atomic E-state index is 0.0506. The van der Waals surface area contributed by atoms with Gasteiger partial charge in [0.05, 0.1) is 18.0 Å². The smallest absolute Gasteiger partial charge is 0.246 e. The molecule has 2 aliphatic rings. The number of β-amino-alcohol motifs (C(OH)–C–C–N with tert-alkyl or cyclic N) is 1. The molecule has 3 aromatic rings. The maximum atomic E-state index is 13.4. The summed E-state index contributed by atoms with van der Waals surface area (Å²) in [5.74, 6) is 0.513. The van der Waals surface area contributed by atoms with Gasteiger partial charge >= 0.3 is 0 Å². The molecule has 45 heavy (non-hydrogen) atoms. The highest BCUT2D eigenvalue weighted by Crippen LogP contribution is 2.32. The van der Waals surface area contributed by atoms with Crippen molar-refractivity contribution in [3.63, 3.8) is 0 Å². The number of aliphatic hydroxyl groups is 1. The lowest BCUT2D eigenvalue weighted by molar-refractivity contribution is -0.140. The first-order valence-corrected chi connectivity index (χ1v) is 15.8. The number of aromatic nitrogens is 4. The van der Waals surface area contributed by atoms with Gasteiger partial charge in [0.2, 0.25) is 11.8 Å². The van der Waals surface area contributed by atoms with Crippen LogP contribution in [-0.2, 0) is 16.1 Å². The summed E-state index contributed by atoms with van der Waals surface area (Å²) in [5, 5.41) is 36.2. The Hall–Kier alpha value is -4.03. The molecule has 4 atom stereocenters. The number of nitrogens with one attached hydrogen (secondary N) is 1. The lowest BCUT2D eigenvalue weighted by Crippen LogP contribution is -2.55. The van der Waals surface area contributed by atoms with Crippen LogP contribution < -0.4 is 11.1 Å². The van der Waals surface area contributed by atoms with Crippen LogP contribution in [0, 0.1) is 11.3 Å². The number of hydrogen-bond acceptors (Lipinski definition) is 9. The van der Waals surface area contributed by atoms with E-state index in [1.54, 1.807) is 29.3 Å². The molecule has 0 aliphatic carbocycles. The number of hydrogen-bond donors (Lipinski definition) is 4. The second-order valence-corrected chi connectivity index (χ2v) is 13.7. The van der Waals surface area contributed by atoms with Crippen molar-refractivity contribution in [1.82, 2.24) is 35.1 Å². The molecule has 0 unspecified atom stereocenters. The maximum Gasteiger partial charge on any atom is 0.246 e. The van der Waals surface area contributed by atoms with E-state index >= 15 is 0 Å². The Morgan fingerprint density at radius 1 is 1.16 bits per heavy atom. The zero-order valence-corrected chi connectivity index (χ0v) is 26.7. The molecule has 1 aromatic carbocycles. The Balaban J connectivity index is 1.16. The van der Waals surface area contributed by atoms with Gasteiger partial charge in [-0.3, -0.25) is 14.3 Å². The second-order valence-electron chi connectivity index (χ2n) is 13.7. The fraction of sp³-hybridized carbons (Fsp3) is 0.545. The van der Waals surface area contributed by atoms with Crippen LogP contribution in [0.25, 0.3) is 22.4 Å².